The molecule has 7 nitrogen and oxygen atoms in total. The SMILES string of the molecule is O=C(N[C@H](Cc1ccc(-c2ccc(F)c(Cl)c2)cc1)C(=O)O)c1cc(-c2ccc(C(F)(F)F)cc2)ccc1NS(=O)(=O)C(F)(F)F. The Labute approximate surface area is 261 Å². The lowest BCUT2D eigenvalue weighted by molar-refractivity contribution is -0.139. The van der Waals surface area contributed by atoms with Gasteiger partial charge in [0, 0.05) is 6.42 Å². The lowest BCUT2D eigenvalue weighted by Crippen LogP contribution is -2.42. The summed E-state index contributed by atoms with van der Waals surface area (Å²) in [4.78, 5) is 25.3. The second-order valence-corrected chi connectivity index (χ2v) is 11.9. The zero-order chi connectivity index (χ0) is 34.0. The second-order valence-electron chi connectivity index (χ2n) is 9.78. The predicted molar refractivity (Wildman–Crippen MR) is 155 cm³/mol. The van der Waals surface area contributed by atoms with Crippen molar-refractivity contribution in [2.45, 2.75) is 24.1 Å². The summed E-state index contributed by atoms with van der Waals surface area (Å²) in [5, 5.41) is 11.8. The van der Waals surface area contributed by atoms with Crippen molar-refractivity contribution in [3.8, 4) is 22.3 Å². The van der Waals surface area contributed by atoms with E-state index in [-0.39, 0.29) is 22.6 Å². The second kappa shape index (κ2) is 13.0. The van der Waals surface area contributed by atoms with Gasteiger partial charge in [-0.2, -0.15) is 34.8 Å². The number of carboxylic acid groups (broad SMARTS) is 1. The Hall–Kier alpha value is -4.63. The van der Waals surface area contributed by atoms with E-state index in [4.69, 9.17) is 11.6 Å². The van der Waals surface area contributed by atoms with Crippen LogP contribution in [0.4, 0.5) is 36.4 Å². The number of carbonyl (C=O) groups excluding carboxylic acids is 1. The maximum Gasteiger partial charge on any atom is 0.516 e. The third kappa shape index (κ3) is 7.95. The van der Waals surface area contributed by atoms with Gasteiger partial charge >= 0.3 is 27.7 Å². The molecule has 16 heteroatoms. The van der Waals surface area contributed by atoms with Crippen molar-refractivity contribution in [1.29, 1.82) is 0 Å². The molecule has 0 bridgehead atoms. The van der Waals surface area contributed by atoms with E-state index in [0.717, 1.165) is 48.5 Å². The van der Waals surface area contributed by atoms with Crippen LogP contribution in [-0.2, 0) is 27.4 Å². The maximum absolute atomic E-state index is 13.5. The van der Waals surface area contributed by atoms with Gasteiger partial charge in [-0.1, -0.05) is 60.1 Å². The standard InChI is InChI=1S/C30H20ClF7N2O5S/c31-23-15-20(7-11-24(23)32)17-3-1-16(2-4-17)13-26(28(42)43)39-27(41)22-14-19(18-5-9-21(10-6-18)29(33,34)35)8-12-25(22)40-46(44,45)30(36,37)38/h1-12,14-15,26,40H,13H2,(H,39,41)(H,42,43)/t26-/m1/s1. The monoisotopic (exact) mass is 688 g/mol. The van der Waals surface area contributed by atoms with Crippen molar-refractivity contribution in [2.75, 3.05) is 4.72 Å². The molecule has 1 atom stereocenters. The van der Waals surface area contributed by atoms with Gasteiger partial charge in [0.2, 0.25) is 0 Å². The van der Waals surface area contributed by atoms with Crippen molar-refractivity contribution in [3.05, 3.63) is 112 Å². The number of hydrogen-bond donors (Lipinski definition) is 3. The van der Waals surface area contributed by atoms with E-state index >= 15 is 0 Å². The number of aliphatic carboxylic acids is 1. The minimum absolute atomic E-state index is 0.0113. The van der Waals surface area contributed by atoms with Crippen LogP contribution >= 0.6 is 11.6 Å². The van der Waals surface area contributed by atoms with Gasteiger partial charge in [-0.05, 0) is 64.2 Å². The van der Waals surface area contributed by atoms with Crippen molar-refractivity contribution in [2.24, 2.45) is 0 Å². The predicted octanol–water partition coefficient (Wildman–Crippen LogP) is 7.52. The molecule has 0 heterocycles. The molecule has 0 fully saturated rings. The van der Waals surface area contributed by atoms with Crippen LogP contribution in [0.5, 0.6) is 0 Å². The van der Waals surface area contributed by atoms with Crippen molar-refractivity contribution < 1.29 is 53.8 Å². The first-order valence-electron chi connectivity index (χ1n) is 12.8. The van der Waals surface area contributed by atoms with Crippen molar-refractivity contribution in [3.63, 3.8) is 0 Å². The van der Waals surface area contributed by atoms with E-state index < -0.39 is 62.3 Å². The molecule has 0 saturated carbocycles. The highest BCUT2D eigenvalue weighted by Crippen LogP contribution is 2.33. The summed E-state index contributed by atoms with van der Waals surface area (Å²) in [5.74, 6) is -3.46. The number of amides is 1. The van der Waals surface area contributed by atoms with Gasteiger partial charge in [0.1, 0.15) is 11.9 Å². The highest BCUT2D eigenvalue weighted by Gasteiger charge is 2.46. The number of rotatable bonds is 9. The first-order chi connectivity index (χ1) is 21.4. The van der Waals surface area contributed by atoms with Gasteiger partial charge in [0.15, 0.2) is 0 Å². The van der Waals surface area contributed by atoms with E-state index in [1.165, 1.54) is 29.0 Å². The Bertz CT molecular complexity index is 1880. The first kappa shape index (κ1) is 34.2. The fourth-order valence-corrected chi connectivity index (χ4v) is 5.00. The van der Waals surface area contributed by atoms with Crippen LogP contribution < -0.4 is 10.0 Å². The minimum atomic E-state index is -6.03. The van der Waals surface area contributed by atoms with Crippen LogP contribution in [0.1, 0.15) is 21.5 Å². The summed E-state index contributed by atoms with van der Waals surface area (Å²) >= 11 is 5.82. The topological polar surface area (TPSA) is 113 Å². The highest BCUT2D eigenvalue weighted by molar-refractivity contribution is 7.93. The molecule has 4 aromatic rings. The Morgan fingerprint density at radius 1 is 0.783 bits per heavy atom. The molecule has 0 aliphatic carbocycles. The smallest absolute Gasteiger partial charge is 0.480 e. The van der Waals surface area contributed by atoms with Crippen molar-refractivity contribution >= 4 is 39.2 Å². The molecule has 4 rings (SSSR count). The molecular formula is C30H20ClF7N2O5S. The number of carboxylic acids is 1. The number of sulfonamides is 1. The Morgan fingerprint density at radius 3 is 1.83 bits per heavy atom. The number of carbonyl (C=O) groups is 2. The molecule has 0 aliphatic heterocycles. The third-order valence-corrected chi connectivity index (χ3v) is 8.00. The van der Waals surface area contributed by atoms with Gasteiger partial charge in [-0.3, -0.25) is 9.52 Å². The number of anilines is 1. The summed E-state index contributed by atoms with van der Waals surface area (Å²) in [6.45, 7) is 0. The molecule has 0 unspecified atom stereocenters. The molecule has 46 heavy (non-hydrogen) atoms. The molecule has 3 N–H and O–H groups in total. The van der Waals surface area contributed by atoms with Gasteiger partial charge in [0.05, 0.1) is 21.8 Å². The number of halogens is 8. The normalized spacial score (nSPS) is 12.8. The average Bonchev–Trinajstić information content (AvgIpc) is 2.97. The highest BCUT2D eigenvalue weighted by atomic mass is 35.5. The van der Waals surface area contributed by atoms with Crippen LogP contribution in [0.15, 0.2) is 84.9 Å². The summed E-state index contributed by atoms with van der Waals surface area (Å²) in [7, 11) is -6.03. The van der Waals surface area contributed by atoms with Gasteiger partial charge in [-0.15, -0.1) is 0 Å². The van der Waals surface area contributed by atoms with Crippen LogP contribution in [0, 0.1) is 5.82 Å². The zero-order valence-corrected chi connectivity index (χ0v) is 24.5. The summed E-state index contributed by atoms with van der Waals surface area (Å²) in [6.07, 6.45) is -4.99. The van der Waals surface area contributed by atoms with E-state index in [0.29, 0.717) is 16.7 Å². The van der Waals surface area contributed by atoms with E-state index in [1.807, 2.05) is 0 Å². The molecule has 4 aromatic carbocycles. The van der Waals surface area contributed by atoms with Crippen LogP contribution in [-0.4, -0.2) is 37.0 Å². The minimum Gasteiger partial charge on any atom is -0.480 e. The van der Waals surface area contributed by atoms with Crippen LogP contribution in [0.2, 0.25) is 5.02 Å². The van der Waals surface area contributed by atoms with Crippen LogP contribution in [0.3, 0.4) is 0 Å². The summed E-state index contributed by atoms with van der Waals surface area (Å²) < 4.78 is 117. The van der Waals surface area contributed by atoms with Gasteiger partial charge < -0.3 is 10.4 Å². The molecule has 0 aromatic heterocycles. The third-order valence-electron chi connectivity index (χ3n) is 6.61. The largest absolute Gasteiger partial charge is 0.516 e. The lowest BCUT2D eigenvalue weighted by atomic mass is 9.99. The van der Waals surface area contributed by atoms with Crippen LogP contribution in [0.25, 0.3) is 22.3 Å². The average molecular weight is 689 g/mol. The Balaban J connectivity index is 1.64. The van der Waals surface area contributed by atoms with E-state index in [9.17, 15) is 53.8 Å². The molecule has 0 radical (unpaired) electrons. The lowest BCUT2D eigenvalue weighted by Gasteiger charge is -2.19. The van der Waals surface area contributed by atoms with Crippen molar-refractivity contribution in [1.82, 2.24) is 5.32 Å². The molecule has 1 amide bonds. The molecular weight excluding hydrogens is 669 g/mol. The molecule has 0 saturated heterocycles. The number of benzene rings is 4. The Morgan fingerprint density at radius 2 is 1.30 bits per heavy atom. The first-order valence-corrected chi connectivity index (χ1v) is 14.7. The molecule has 0 aliphatic rings. The Kier molecular flexibility index (Phi) is 9.68. The van der Waals surface area contributed by atoms with E-state index in [2.05, 4.69) is 5.32 Å². The summed E-state index contributed by atoms with van der Waals surface area (Å²) in [6, 6.07) is 14.8. The molecule has 0 spiro atoms. The van der Waals surface area contributed by atoms with Gasteiger partial charge in [0.25, 0.3) is 5.91 Å². The quantitative estimate of drug-likeness (QED) is 0.158. The summed E-state index contributed by atoms with van der Waals surface area (Å²) in [5.41, 5.74) is -6.73. The maximum atomic E-state index is 13.5. The fourth-order valence-electron chi connectivity index (χ4n) is 4.24. The molecule has 242 valence electrons. The van der Waals surface area contributed by atoms with E-state index in [1.54, 1.807) is 12.1 Å². The fraction of sp³-hybridized carbons (Fsp3) is 0.133. The number of alkyl halides is 6. The zero-order valence-electron chi connectivity index (χ0n) is 22.9. The number of hydrogen-bond acceptors (Lipinski definition) is 4. The number of nitrogens with one attached hydrogen (secondary N) is 2. The van der Waals surface area contributed by atoms with Gasteiger partial charge in [-0.25, -0.2) is 9.18 Å².